The summed E-state index contributed by atoms with van der Waals surface area (Å²) in [5.74, 6) is 0.955. The maximum Gasteiger partial charge on any atom is 0.106 e. The Morgan fingerprint density at radius 1 is 1.39 bits per heavy atom. The fourth-order valence-corrected chi connectivity index (χ4v) is 2.18. The Balaban J connectivity index is 2.02. The first-order chi connectivity index (χ1) is 8.66. The predicted octanol–water partition coefficient (Wildman–Crippen LogP) is 3.33. The van der Waals surface area contributed by atoms with Gasteiger partial charge in [-0.2, -0.15) is 0 Å². The molecule has 0 radical (unpaired) electrons. The molecule has 3 N–H and O–H groups in total. The zero-order valence-electron chi connectivity index (χ0n) is 9.65. The number of nitrogens with one attached hydrogen (secondary N) is 1. The number of halogens is 1. The standard InChI is InChI=1S/C13H13BrN2OS/c14-9-3-4-12(11(8-9)13(15)18)16-6-5-10-2-1-7-17-10/h1-4,7-8,16H,5-6H2,(H2,15,18). The molecule has 94 valence electrons. The molecule has 1 aromatic carbocycles. The molecule has 0 bridgehead atoms. The molecule has 0 aliphatic carbocycles. The molecule has 0 amide bonds. The van der Waals surface area contributed by atoms with Crippen LogP contribution in [-0.4, -0.2) is 11.5 Å². The van der Waals surface area contributed by atoms with Crippen LogP contribution in [0.4, 0.5) is 5.69 Å². The van der Waals surface area contributed by atoms with Gasteiger partial charge in [-0.15, -0.1) is 0 Å². The number of thiocarbonyl (C=S) groups is 1. The lowest BCUT2D eigenvalue weighted by molar-refractivity contribution is 0.513. The van der Waals surface area contributed by atoms with E-state index in [0.717, 1.165) is 34.4 Å². The molecule has 18 heavy (non-hydrogen) atoms. The van der Waals surface area contributed by atoms with E-state index in [1.165, 1.54) is 0 Å². The van der Waals surface area contributed by atoms with Crippen molar-refractivity contribution in [3.63, 3.8) is 0 Å². The van der Waals surface area contributed by atoms with Crippen molar-refractivity contribution in [2.45, 2.75) is 6.42 Å². The molecule has 0 saturated heterocycles. The number of anilines is 1. The number of nitrogens with two attached hydrogens (primary N) is 1. The Kier molecular flexibility index (Phi) is 4.38. The van der Waals surface area contributed by atoms with Gasteiger partial charge in [0.25, 0.3) is 0 Å². The number of hydrogen-bond donors (Lipinski definition) is 2. The Morgan fingerprint density at radius 2 is 2.22 bits per heavy atom. The SMILES string of the molecule is NC(=S)c1cc(Br)ccc1NCCc1ccco1. The zero-order chi connectivity index (χ0) is 13.0. The summed E-state index contributed by atoms with van der Waals surface area (Å²) < 4.78 is 6.23. The van der Waals surface area contributed by atoms with Gasteiger partial charge < -0.3 is 15.5 Å². The van der Waals surface area contributed by atoms with Crippen molar-refractivity contribution >= 4 is 38.8 Å². The molecule has 1 heterocycles. The van der Waals surface area contributed by atoms with Crippen molar-refractivity contribution in [2.75, 3.05) is 11.9 Å². The minimum Gasteiger partial charge on any atom is -0.469 e. The van der Waals surface area contributed by atoms with Gasteiger partial charge >= 0.3 is 0 Å². The van der Waals surface area contributed by atoms with Crippen LogP contribution in [0.2, 0.25) is 0 Å². The second-order valence-electron chi connectivity index (χ2n) is 3.81. The minimum absolute atomic E-state index is 0.386. The fourth-order valence-electron chi connectivity index (χ4n) is 1.65. The van der Waals surface area contributed by atoms with Gasteiger partial charge in [-0.3, -0.25) is 0 Å². The zero-order valence-corrected chi connectivity index (χ0v) is 12.1. The summed E-state index contributed by atoms with van der Waals surface area (Å²) >= 11 is 8.44. The van der Waals surface area contributed by atoms with E-state index in [-0.39, 0.29) is 0 Å². The molecule has 5 heteroatoms. The topological polar surface area (TPSA) is 51.2 Å². The van der Waals surface area contributed by atoms with E-state index in [1.54, 1.807) is 6.26 Å². The van der Waals surface area contributed by atoms with E-state index >= 15 is 0 Å². The van der Waals surface area contributed by atoms with Gasteiger partial charge in [-0.05, 0) is 30.3 Å². The van der Waals surface area contributed by atoms with Crippen LogP contribution in [0.3, 0.4) is 0 Å². The van der Waals surface area contributed by atoms with Crippen molar-refractivity contribution in [1.82, 2.24) is 0 Å². The Hall–Kier alpha value is -1.33. The highest BCUT2D eigenvalue weighted by molar-refractivity contribution is 9.10. The highest BCUT2D eigenvalue weighted by Gasteiger charge is 2.05. The lowest BCUT2D eigenvalue weighted by Crippen LogP contribution is -2.14. The summed E-state index contributed by atoms with van der Waals surface area (Å²) in [6, 6.07) is 9.67. The van der Waals surface area contributed by atoms with Gasteiger partial charge in [0.1, 0.15) is 10.7 Å². The molecule has 1 aromatic heterocycles. The molecule has 0 saturated carbocycles. The lowest BCUT2D eigenvalue weighted by Gasteiger charge is -2.11. The fraction of sp³-hybridized carbons (Fsp3) is 0.154. The smallest absolute Gasteiger partial charge is 0.106 e. The largest absolute Gasteiger partial charge is 0.469 e. The third-order valence-electron chi connectivity index (χ3n) is 2.51. The second kappa shape index (κ2) is 6.02. The van der Waals surface area contributed by atoms with Crippen LogP contribution in [-0.2, 0) is 6.42 Å². The predicted molar refractivity (Wildman–Crippen MR) is 80.9 cm³/mol. The second-order valence-corrected chi connectivity index (χ2v) is 5.17. The third-order valence-corrected chi connectivity index (χ3v) is 3.23. The van der Waals surface area contributed by atoms with Crippen LogP contribution in [0.5, 0.6) is 0 Å². The molecule has 0 atom stereocenters. The molecule has 0 aliphatic heterocycles. The Morgan fingerprint density at radius 3 is 2.89 bits per heavy atom. The summed E-state index contributed by atoms with van der Waals surface area (Å²) in [4.78, 5) is 0.386. The van der Waals surface area contributed by atoms with Crippen LogP contribution < -0.4 is 11.1 Å². The van der Waals surface area contributed by atoms with Gasteiger partial charge in [0.05, 0.1) is 6.26 Å². The average molecular weight is 325 g/mol. The third kappa shape index (κ3) is 3.34. The monoisotopic (exact) mass is 324 g/mol. The van der Waals surface area contributed by atoms with Gasteiger partial charge in [-0.25, -0.2) is 0 Å². The van der Waals surface area contributed by atoms with Gasteiger partial charge in [0, 0.05) is 28.7 Å². The molecule has 0 fully saturated rings. The Labute approximate surface area is 119 Å². The van der Waals surface area contributed by atoms with E-state index in [1.807, 2.05) is 30.3 Å². The molecule has 3 nitrogen and oxygen atoms in total. The van der Waals surface area contributed by atoms with Crippen molar-refractivity contribution in [2.24, 2.45) is 5.73 Å². The van der Waals surface area contributed by atoms with Crippen LogP contribution >= 0.6 is 28.1 Å². The van der Waals surface area contributed by atoms with E-state index in [4.69, 9.17) is 22.4 Å². The number of furan rings is 1. The van der Waals surface area contributed by atoms with Gasteiger partial charge in [-0.1, -0.05) is 28.1 Å². The Bertz CT molecular complexity index is 540. The van der Waals surface area contributed by atoms with Crippen molar-refractivity contribution < 1.29 is 4.42 Å². The van der Waals surface area contributed by atoms with Gasteiger partial charge in [0.2, 0.25) is 0 Å². The summed E-state index contributed by atoms with van der Waals surface area (Å²) in [5.41, 5.74) is 7.49. The molecule has 0 unspecified atom stereocenters. The van der Waals surface area contributed by atoms with Crippen molar-refractivity contribution in [3.8, 4) is 0 Å². The van der Waals surface area contributed by atoms with E-state index in [9.17, 15) is 0 Å². The van der Waals surface area contributed by atoms with Crippen LogP contribution in [0.15, 0.2) is 45.5 Å². The minimum atomic E-state index is 0.386. The molecule has 2 rings (SSSR count). The molecule has 2 aromatic rings. The quantitative estimate of drug-likeness (QED) is 0.828. The summed E-state index contributed by atoms with van der Waals surface area (Å²) in [6.07, 6.45) is 2.50. The van der Waals surface area contributed by atoms with Crippen LogP contribution in [0.1, 0.15) is 11.3 Å². The average Bonchev–Trinajstić information content (AvgIpc) is 2.84. The molecule has 0 aliphatic rings. The van der Waals surface area contributed by atoms with Crippen molar-refractivity contribution in [1.29, 1.82) is 0 Å². The first kappa shape index (κ1) is 13.1. The summed E-state index contributed by atoms with van der Waals surface area (Å²) in [5, 5.41) is 3.31. The first-order valence-corrected chi connectivity index (χ1v) is 6.72. The number of rotatable bonds is 5. The van der Waals surface area contributed by atoms with E-state index in [2.05, 4.69) is 21.2 Å². The lowest BCUT2D eigenvalue weighted by atomic mass is 10.1. The van der Waals surface area contributed by atoms with E-state index < -0.39 is 0 Å². The van der Waals surface area contributed by atoms with Crippen LogP contribution in [0.25, 0.3) is 0 Å². The summed E-state index contributed by atoms with van der Waals surface area (Å²) in [6.45, 7) is 0.769. The highest BCUT2D eigenvalue weighted by Crippen LogP contribution is 2.21. The van der Waals surface area contributed by atoms with Gasteiger partial charge in [0.15, 0.2) is 0 Å². The molecular formula is C13H13BrN2OS. The summed E-state index contributed by atoms with van der Waals surface area (Å²) in [7, 11) is 0. The van der Waals surface area contributed by atoms with Crippen LogP contribution in [0, 0.1) is 0 Å². The normalized spacial score (nSPS) is 10.3. The molecule has 0 spiro atoms. The maximum atomic E-state index is 5.70. The van der Waals surface area contributed by atoms with Crippen molar-refractivity contribution in [3.05, 3.63) is 52.4 Å². The highest BCUT2D eigenvalue weighted by atomic mass is 79.9. The maximum absolute atomic E-state index is 5.70. The van der Waals surface area contributed by atoms with E-state index in [0.29, 0.717) is 4.99 Å². The first-order valence-electron chi connectivity index (χ1n) is 5.52. The molecular weight excluding hydrogens is 312 g/mol. The number of benzene rings is 1. The number of hydrogen-bond acceptors (Lipinski definition) is 3.